The summed E-state index contributed by atoms with van der Waals surface area (Å²) in [6, 6.07) is 0. The van der Waals surface area contributed by atoms with Gasteiger partial charge in [0.2, 0.25) is 6.93 Å². The average Bonchev–Trinajstić information content (AvgIpc) is 1.39. The van der Waals surface area contributed by atoms with Gasteiger partial charge in [0.05, 0.1) is 0 Å². The van der Waals surface area contributed by atoms with Crippen LogP contribution in [0, 0.1) is 6.93 Å². The maximum Gasteiger partial charge on any atom is 0.385 e. The highest BCUT2D eigenvalue weighted by atomic mass is 19.3. The Morgan fingerprint density at radius 3 is 1.14 bits per heavy atom. The third kappa shape index (κ3) is 751. The van der Waals surface area contributed by atoms with Crippen LogP contribution in [0.3, 0.4) is 0 Å². The predicted octanol–water partition coefficient (Wildman–Crippen LogP) is 0.980. The molecule has 0 heterocycles. The van der Waals surface area contributed by atoms with Gasteiger partial charge in [-0.2, -0.15) is 8.78 Å². The predicted molar refractivity (Wildman–Crippen MR) is 16.2 cm³/mol. The van der Waals surface area contributed by atoms with Crippen molar-refractivity contribution >= 4 is 0 Å². The summed E-state index contributed by atoms with van der Waals surface area (Å²) in [6.45, 7) is -2.00. The molecule has 0 saturated carbocycles. The molecular formula is C2H4F4O. The zero-order chi connectivity index (χ0) is 5.41. The lowest BCUT2D eigenvalue weighted by Gasteiger charge is -1.42. The van der Waals surface area contributed by atoms with Crippen molar-refractivity contribution < 1.29 is 23.0 Å². The fourth-order valence-electron chi connectivity index (χ4n) is 0. The molecule has 0 bridgehead atoms. The Balaban J connectivity index is -0.0000000400. The summed E-state index contributed by atoms with van der Waals surface area (Å²) < 4.78 is 38.0. The molecule has 0 aliphatic heterocycles. The van der Waals surface area contributed by atoms with Crippen molar-refractivity contribution in [2.45, 2.75) is 0 Å². The highest BCUT2D eigenvalue weighted by Gasteiger charge is 1.54. The van der Waals surface area contributed by atoms with Gasteiger partial charge in [-0.05, 0) is 0 Å². The summed E-state index contributed by atoms with van der Waals surface area (Å²) in [5.41, 5.74) is 0. The van der Waals surface area contributed by atoms with E-state index in [9.17, 15) is 17.6 Å². The van der Waals surface area contributed by atoms with Gasteiger partial charge in [-0.3, -0.25) is 0 Å². The van der Waals surface area contributed by atoms with Crippen molar-refractivity contribution in [2.24, 2.45) is 0 Å². The largest absolute Gasteiger partial charge is 0.412 e. The lowest BCUT2D eigenvalue weighted by Crippen LogP contribution is -1.34. The summed E-state index contributed by atoms with van der Waals surface area (Å²) >= 11 is 0. The minimum atomic E-state index is -1.75. The molecule has 2 N–H and O–H groups in total. The summed E-state index contributed by atoms with van der Waals surface area (Å²) in [7, 11) is 0. The van der Waals surface area contributed by atoms with Crippen LogP contribution in [0.25, 0.3) is 0 Å². The van der Waals surface area contributed by atoms with Crippen LogP contribution in [-0.2, 0) is 0 Å². The van der Waals surface area contributed by atoms with Crippen LogP contribution in [0.2, 0.25) is 0 Å². The van der Waals surface area contributed by atoms with Gasteiger partial charge in [0.15, 0.2) is 0 Å². The molecule has 5 heteroatoms. The Hall–Kier alpha value is -0.320. The second-order valence-electron chi connectivity index (χ2n) is 0.172. The Labute approximate surface area is 38.3 Å². The van der Waals surface area contributed by atoms with E-state index in [0.717, 1.165) is 0 Å². The van der Waals surface area contributed by atoms with E-state index in [0.29, 0.717) is 0 Å². The van der Waals surface area contributed by atoms with E-state index in [2.05, 4.69) is 0 Å². The molecule has 0 aromatic heterocycles. The molecule has 0 unspecified atom stereocenters. The van der Waals surface area contributed by atoms with E-state index in [1.165, 1.54) is 0 Å². The van der Waals surface area contributed by atoms with Gasteiger partial charge in [-0.1, -0.05) is 0 Å². The van der Waals surface area contributed by atoms with Crippen molar-refractivity contribution in [2.75, 3.05) is 6.93 Å². The smallest absolute Gasteiger partial charge is 0.385 e. The minimum Gasteiger partial charge on any atom is -0.412 e. The molecule has 0 spiro atoms. The number of hydrogen-bond donors (Lipinski definition) is 0. The summed E-state index contributed by atoms with van der Waals surface area (Å²) in [6.07, 6.45) is 0. The monoisotopic (exact) mass is 120 g/mol. The van der Waals surface area contributed by atoms with Crippen LogP contribution < -0.4 is 0 Å². The van der Waals surface area contributed by atoms with E-state index in [4.69, 9.17) is 0 Å². The van der Waals surface area contributed by atoms with Gasteiger partial charge < -0.3 is 5.48 Å². The number of hydrogen-bond acceptors (Lipinski definition) is 0. The van der Waals surface area contributed by atoms with Gasteiger partial charge in [0.25, 0.3) is 0 Å². The van der Waals surface area contributed by atoms with Gasteiger partial charge in [-0.15, -0.1) is 0 Å². The maximum atomic E-state index is 9.62. The molecule has 7 heavy (non-hydrogen) atoms. The number of halogens is 4. The first kappa shape index (κ1) is 15.9. The second kappa shape index (κ2) is 44.1. The normalized spacial score (nSPS) is 5.14. The van der Waals surface area contributed by atoms with Crippen molar-refractivity contribution in [1.29, 1.82) is 0 Å². The SMILES string of the molecule is FCF.F[C]F.O. The van der Waals surface area contributed by atoms with Crippen molar-refractivity contribution in [1.82, 2.24) is 0 Å². The average molecular weight is 120 g/mol. The van der Waals surface area contributed by atoms with E-state index >= 15 is 0 Å². The van der Waals surface area contributed by atoms with Crippen molar-refractivity contribution in [3.63, 3.8) is 0 Å². The molecule has 1 nitrogen and oxygen atoms in total. The van der Waals surface area contributed by atoms with Crippen molar-refractivity contribution in [3.05, 3.63) is 6.93 Å². The molecule has 2 radical (unpaired) electrons. The molecule has 0 aliphatic carbocycles. The fourth-order valence-corrected chi connectivity index (χ4v) is 0. The van der Waals surface area contributed by atoms with Crippen molar-refractivity contribution in [3.8, 4) is 0 Å². The summed E-state index contributed by atoms with van der Waals surface area (Å²) in [4.78, 5) is 0. The second-order valence-corrected chi connectivity index (χ2v) is 0.172. The van der Waals surface area contributed by atoms with Crippen LogP contribution in [0.1, 0.15) is 0 Å². The Morgan fingerprint density at radius 1 is 1.14 bits per heavy atom. The zero-order valence-electron chi connectivity index (χ0n) is 3.22. The van der Waals surface area contributed by atoms with Gasteiger partial charge in [-0.25, -0.2) is 8.78 Å². The van der Waals surface area contributed by atoms with Gasteiger partial charge >= 0.3 is 6.93 Å². The Morgan fingerprint density at radius 2 is 1.14 bits per heavy atom. The lowest BCUT2D eigenvalue weighted by atomic mass is 11.7. The summed E-state index contributed by atoms with van der Waals surface area (Å²) in [5, 5.41) is 0. The molecule has 0 saturated heterocycles. The lowest BCUT2D eigenvalue weighted by molar-refractivity contribution is 0.295. The van der Waals surface area contributed by atoms with Crippen LogP contribution in [0.5, 0.6) is 0 Å². The molecule has 46 valence electrons. The third-order valence-corrected chi connectivity index (χ3v) is 0. The van der Waals surface area contributed by atoms with E-state index in [1.807, 2.05) is 0 Å². The number of rotatable bonds is 0. The molecule has 0 aromatic rings. The molecule has 0 rings (SSSR count). The quantitative estimate of drug-likeness (QED) is 0.427. The number of alkyl halides is 2. The molecule has 0 amide bonds. The van der Waals surface area contributed by atoms with Crippen LogP contribution in [0.15, 0.2) is 0 Å². The first-order valence-corrected chi connectivity index (χ1v) is 0.912. The Bertz CT molecular complexity index is 11.7. The Kier molecular flexibility index (Phi) is 100. The minimum absolute atomic E-state index is 0. The standard InChI is InChI=1S/CH2F2.CF2.H2O/c2*2-1-3;/h1H2;;1H2. The topological polar surface area (TPSA) is 31.5 Å². The molecule has 0 aliphatic rings. The third-order valence-electron chi connectivity index (χ3n) is 0. The van der Waals surface area contributed by atoms with Crippen LogP contribution >= 0.6 is 0 Å². The maximum absolute atomic E-state index is 9.62. The van der Waals surface area contributed by atoms with E-state index < -0.39 is 6.93 Å². The van der Waals surface area contributed by atoms with Gasteiger partial charge in [0.1, 0.15) is 0 Å². The highest BCUT2D eigenvalue weighted by molar-refractivity contribution is 3.95. The molecule has 0 fully saturated rings. The first-order chi connectivity index (χ1) is 2.83. The fraction of sp³-hybridized carbons (Fsp3) is 0.500. The van der Waals surface area contributed by atoms with E-state index in [-0.39, 0.29) is 12.4 Å². The van der Waals surface area contributed by atoms with E-state index in [1.54, 1.807) is 0 Å². The molecular weight excluding hydrogens is 116 g/mol. The van der Waals surface area contributed by atoms with Crippen LogP contribution in [-0.4, -0.2) is 12.4 Å². The summed E-state index contributed by atoms with van der Waals surface area (Å²) in [5.74, 6) is 0. The molecule has 0 atom stereocenters. The highest BCUT2D eigenvalue weighted by Crippen LogP contribution is 1.68. The van der Waals surface area contributed by atoms with Gasteiger partial charge in [0, 0.05) is 0 Å². The molecule has 0 aromatic carbocycles. The zero-order valence-corrected chi connectivity index (χ0v) is 3.22. The first-order valence-electron chi connectivity index (χ1n) is 0.912. The van der Waals surface area contributed by atoms with Crippen LogP contribution in [0.4, 0.5) is 17.6 Å².